The molecule has 0 aliphatic heterocycles. The monoisotopic (exact) mass is 420 g/mol. The summed E-state index contributed by atoms with van der Waals surface area (Å²) in [7, 11) is 0. The number of nitrogens with one attached hydrogen (secondary N) is 1. The predicted octanol–water partition coefficient (Wildman–Crippen LogP) is 5.93. The molecule has 2 N–H and O–H groups in total. The molecule has 0 spiro atoms. The summed E-state index contributed by atoms with van der Waals surface area (Å²) in [5.74, 6) is 0.401. The van der Waals surface area contributed by atoms with E-state index in [1.165, 1.54) is 0 Å². The number of nitrogens with zero attached hydrogens (tertiary/aromatic N) is 1. The van der Waals surface area contributed by atoms with Gasteiger partial charge in [-0.3, -0.25) is 4.79 Å². The molecule has 164 valence electrons. The maximum absolute atomic E-state index is 12.8. The normalized spacial score (nSPS) is 12.3. The minimum absolute atomic E-state index is 0.0211. The van der Waals surface area contributed by atoms with E-state index >= 15 is 0 Å². The zero-order valence-electron chi connectivity index (χ0n) is 19.5. The molecule has 0 saturated heterocycles. The summed E-state index contributed by atoms with van der Waals surface area (Å²) >= 11 is 0. The van der Waals surface area contributed by atoms with E-state index in [-0.39, 0.29) is 22.2 Å². The van der Waals surface area contributed by atoms with Gasteiger partial charge in [0.2, 0.25) is 0 Å². The first kappa shape index (κ1) is 24.0. The summed E-state index contributed by atoms with van der Waals surface area (Å²) in [5, 5.41) is 23.3. The number of phenolic OH excluding ortho intramolecular Hbond substituents is 1. The van der Waals surface area contributed by atoms with Crippen LogP contribution in [0.25, 0.3) is 6.08 Å². The number of aromatic hydroxyl groups is 1. The van der Waals surface area contributed by atoms with E-state index in [2.05, 4.69) is 5.32 Å². The van der Waals surface area contributed by atoms with Crippen molar-refractivity contribution in [2.24, 2.45) is 0 Å². The topological polar surface area (TPSA) is 82.3 Å². The van der Waals surface area contributed by atoms with Gasteiger partial charge in [-0.05, 0) is 53.7 Å². The number of rotatable bonds is 5. The molecule has 5 nitrogen and oxygen atoms in total. The van der Waals surface area contributed by atoms with Gasteiger partial charge in [0.25, 0.3) is 5.91 Å². The Morgan fingerprint density at radius 2 is 1.68 bits per heavy atom. The van der Waals surface area contributed by atoms with Gasteiger partial charge in [-0.15, -0.1) is 0 Å². The molecule has 2 rings (SSSR count). The first-order valence-corrected chi connectivity index (χ1v) is 10.4. The number of nitriles is 1. The van der Waals surface area contributed by atoms with E-state index in [4.69, 9.17) is 4.74 Å². The Hall–Kier alpha value is -3.26. The van der Waals surface area contributed by atoms with Crippen LogP contribution < -0.4 is 10.1 Å². The van der Waals surface area contributed by atoms with Crippen molar-refractivity contribution in [2.75, 3.05) is 11.9 Å². The minimum Gasteiger partial charge on any atom is -0.507 e. The van der Waals surface area contributed by atoms with Crippen LogP contribution >= 0.6 is 0 Å². The molecule has 0 atom stereocenters. The molecule has 1 amide bonds. The number of carbonyl (C=O) groups excluding carboxylic acids is 1. The second-order valence-corrected chi connectivity index (χ2v) is 9.55. The Morgan fingerprint density at radius 1 is 1.10 bits per heavy atom. The molecule has 2 aromatic rings. The van der Waals surface area contributed by atoms with Crippen LogP contribution in [0.1, 0.15) is 65.2 Å². The van der Waals surface area contributed by atoms with Gasteiger partial charge in [0.15, 0.2) is 0 Å². The summed E-state index contributed by atoms with van der Waals surface area (Å²) in [5.41, 5.74) is 2.16. The van der Waals surface area contributed by atoms with Crippen LogP contribution in [0, 0.1) is 11.3 Å². The summed E-state index contributed by atoms with van der Waals surface area (Å²) in [6.07, 6.45) is 1.56. The van der Waals surface area contributed by atoms with Crippen LogP contribution in [0.2, 0.25) is 0 Å². The van der Waals surface area contributed by atoms with Gasteiger partial charge in [-0.25, -0.2) is 0 Å². The van der Waals surface area contributed by atoms with Gasteiger partial charge in [-0.2, -0.15) is 5.26 Å². The highest BCUT2D eigenvalue weighted by atomic mass is 16.5. The summed E-state index contributed by atoms with van der Waals surface area (Å²) in [6.45, 7) is 14.5. The molecule has 31 heavy (non-hydrogen) atoms. The van der Waals surface area contributed by atoms with Crippen molar-refractivity contribution in [2.45, 2.75) is 59.3 Å². The van der Waals surface area contributed by atoms with Crippen LogP contribution in [-0.4, -0.2) is 17.6 Å². The molecule has 0 unspecified atom stereocenters. The van der Waals surface area contributed by atoms with Gasteiger partial charge < -0.3 is 15.2 Å². The second kappa shape index (κ2) is 9.26. The number of ether oxygens (including phenoxy) is 1. The highest BCUT2D eigenvalue weighted by Gasteiger charge is 2.26. The highest BCUT2D eigenvalue weighted by Crippen LogP contribution is 2.40. The van der Waals surface area contributed by atoms with Crippen molar-refractivity contribution in [3.8, 4) is 17.6 Å². The molecule has 5 heteroatoms. The Kier molecular flexibility index (Phi) is 7.17. The second-order valence-electron chi connectivity index (χ2n) is 9.55. The van der Waals surface area contributed by atoms with E-state index in [1.807, 2.05) is 66.7 Å². The first-order valence-electron chi connectivity index (χ1n) is 10.4. The van der Waals surface area contributed by atoms with Gasteiger partial charge in [0, 0.05) is 22.9 Å². The number of hydrogen-bond acceptors (Lipinski definition) is 4. The molecule has 0 bridgehead atoms. The smallest absolute Gasteiger partial charge is 0.266 e. The van der Waals surface area contributed by atoms with Crippen LogP contribution in [0.5, 0.6) is 11.5 Å². The van der Waals surface area contributed by atoms with Crippen LogP contribution in [0.4, 0.5) is 5.69 Å². The lowest BCUT2D eigenvalue weighted by atomic mass is 9.78. The number of carbonyl (C=O) groups is 1. The van der Waals surface area contributed by atoms with Crippen molar-refractivity contribution in [3.05, 3.63) is 58.7 Å². The van der Waals surface area contributed by atoms with Crippen LogP contribution in [0.15, 0.2) is 42.0 Å². The van der Waals surface area contributed by atoms with Crippen LogP contribution in [-0.2, 0) is 15.6 Å². The Bertz CT molecular complexity index is 997. The molecular formula is C26H32N2O3. The van der Waals surface area contributed by atoms with Crippen molar-refractivity contribution in [1.29, 1.82) is 5.26 Å². The minimum atomic E-state index is -0.501. The zero-order chi connectivity index (χ0) is 23.4. The highest BCUT2D eigenvalue weighted by molar-refractivity contribution is 6.09. The molecule has 0 heterocycles. The third-order valence-electron chi connectivity index (χ3n) is 4.83. The Morgan fingerprint density at radius 3 is 2.16 bits per heavy atom. The molecule has 0 aliphatic rings. The molecular weight excluding hydrogens is 388 g/mol. The largest absolute Gasteiger partial charge is 0.507 e. The van der Waals surface area contributed by atoms with E-state index in [1.54, 1.807) is 30.3 Å². The lowest BCUT2D eigenvalue weighted by Crippen LogP contribution is -2.18. The van der Waals surface area contributed by atoms with Crippen molar-refractivity contribution in [3.63, 3.8) is 0 Å². The van der Waals surface area contributed by atoms with Gasteiger partial charge in [-0.1, -0.05) is 47.6 Å². The third kappa shape index (κ3) is 6.11. The van der Waals surface area contributed by atoms with E-state index < -0.39 is 5.91 Å². The SMILES string of the molecule is CCOc1cccc(NC(=O)/C(C#N)=C\c2cc(C(C)(C)C)c(O)c(C(C)(C)C)c2)c1. The lowest BCUT2D eigenvalue weighted by molar-refractivity contribution is -0.112. The van der Waals surface area contributed by atoms with Crippen molar-refractivity contribution in [1.82, 2.24) is 0 Å². The fourth-order valence-electron chi connectivity index (χ4n) is 3.23. The van der Waals surface area contributed by atoms with E-state index in [9.17, 15) is 15.2 Å². The number of phenols is 1. The molecule has 0 fully saturated rings. The number of benzene rings is 2. The molecule has 0 aromatic heterocycles. The first-order chi connectivity index (χ1) is 14.4. The van der Waals surface area contributed by atoms with Crippen LogP contribution in [0.3, 0.4) is 0 Å². The summed E-state index contributed by atoms with van der Waals surface area (Å²) in [6, 6.07) is 12.7. The van der Waals surface area contributed by atoms with Crippen molar-refractivity contribution < 1.29 is 14.6 Å². The van der Waals surface area contributed by atoms with Gasteiger partial charge >= 0.3 is 0 Å². The van der Waals surface area contributed by atoms with Crippen molar-refractivity contribution >= 4 is 17.7 Å². The zero-order valence-corrected chi connectivity index (χ0v) is 19.5. The quantitative estimate of drug-likeness (QED) is 0.464. The third-order valence-corrected chi connectivity index (χ3v) is 4.83. The molecule has 0 saturated carbocycles. The fraction of sp³-hybridized carbons (Fsp3) is 0.385. The van der Waals surface area contributed by atoms with E-state index in [0.717, 1.165) is 11.1 Å². The summed E-state index contributed by atoms with van der Waals surface area (Å²) in [4.78, 5) is 12.8. The fourth-order valence-corrected chi connectivity index (χ4v) is 3.23. The standard InChI is InChI=1S/C26H32N2O3/c1-8-31-20-11-9-10-19(15-20)28-24(30)18(16-27)12-17-13-21(25(2,3)4)23(29)22(14-17)26(5,6)7/h9-15,29H,8H2,1-7H3,(H,28,30)/b18-12-. The average molecular weight is 421 g/mol. The number of amides is 1. The van der Waals surface area contributed by atoms with Gasteiger partial charge in [0.1, 0.15) is 23.1 Å². The average Bonchev–Trinajstić information content (AvgIpc) is 2.65. The predicted molar refractivity (Wildman–Crippen MR) is 125 cm³/mol. The molecule has 0 radical (unpaired) electrons. The maximum atomic E-state index is 12.8. The maximum Gasteiger partial charge on any atom is 0.266 e. The number of hydrogen-bond donors (Lipinski definition) is 2. The lowest BCUT2D eigenvalue weighted by Gasteiger charge is -2.28. The summed E-state index contributed by atoms with van der Waals surface area (Å²) < 4.78 is 5.46. The Balaban J connectivity index is 2.47. The Labute approximate surface area is 185 Å². The molecule has 0 aliphatic carbocycles. The van der Waals surface area contributed by atoms with Gasteiger partial charge in [0.05, 0.1) is 6.61 Å². The number of anilines is 1. The van der Waals surface area contributed by atoms with E-state index in [0.29, 0.717) is 23.6 Å². The molecule has 2 aromatic carbocycles.